The number of aromatic amines is 1. The largest absolute Gasteiger partial charge is 0.497 e. The highest BCUT2D eigenvalue weighted by molar-refractivity contribution is 5.91. The summed E-state index contributed by atoms with van der Waals surface area (Å²) in [6.07, 6.45) is 3.08. The number of nitrogens with one attached hydrogen (secondary N) is 2. The number of hydrogen-bond donors (Lipinski definition) is 2. The average molecular weight is 498 g/mol. The molecule has 1 fully saturated rings. The fourth-order valence-electron chi connectivity index (χ4n) is 5.31. The number of fused-ring (bicyclic) bond motifs is 1. The van der Waals surface area contributed by atoms with Crippen LogP contribution < -0.4 is 14.8 Å². The fourth-order valence-corrected chi connectivity index (χ4v) is 5.31. The molecule has 1 saturated heterocycles. The topological polar surface area (TPSA) is 66.6 Å². The molecule has 1 aromatic heterocycles. The summed E-state index contributed by atoms with van der Waals surface area (Å²) in [5, 5.41) is 4.47. The number of para-hydroxylation sites is 2. The molecule has 3 aromatic carbocycles. The third-order valence-electron chi connectivity index (χ3n) is 7.33. The molecule has 2 heterocycles. The van der Waals surface area contributed by atoms with Crippen molar-refractivity contribution in [1.82, 2.24) is 15.2 Å². The number of hydrogen-bond acceptors (Lipinski definition) is 4. The Morgan fingerprint density at radius 2 is 1.68 bits per heavy atom. The molecule has 0 bridgehead atoms. The van der Waals surface area contributed by atoms with E-state index in [1.807, 2.05) is 30.3 Å². The van der Waals surface area contributed by atoms with Gasteiger partial charge in [-0.05, 0) is 66.8 Å². The van der Waals surface area contributed by atoms with Crippen molar-refractivity contribution >= 4 is 16.8 Å². The van der Waals surface area contributed by atoms with Crippen LogP contribution in [0.15, 0.2) is 72.8 Å². The molecule has 0 atom stereocenters. The highest BCUT2D eigenvalue weighted by Gasteiger charge is 2.22. The zero-order valence-corrected chi connectivity index (χ0v) is 21.6. The van der Waals surface area contributed by atoms with Gasteiger partial charge in [0.1, 0.15) is 11.5 Å². The lowest BCUT2D eigenvalue weighted by molar-refractivity contribution is -0.122. The predicted molar refractivity (Wildman–Crippen MR) is 148 cm³/mol. The van der Waals surface area contributed by atoms with Gasteiger partial charge >= 0.3 is 0 Å². The Morgan fingerprint density at radius 3 is 2.43 bits per heavy atom. The molecule has 0 spiro atoms. The number of aromatic nitrogens is 1. The number of piperidine rings is 1. The molecule has 6 nitrogen and oxygen atoms in total. The van der Waals surface area contributed by atoms with Crippen molar-refractivity contribution in [1.29, 1.82) is 0 Å². The number of carbonyl (C=O) groups excluding carboxylic acids is 1. The highest BCUT2D eigenvalue weighted by atomic mass is 16.5. The molecule has 5 rings (SSSR count). The van der Waals surface area contributed by atoms with Gasteiger partial charge in [0.05, 0.1) is 14.2 Å². The normalized spacial score (nSPS) is 14.5. The number of aryl methyl sites for hydroxylation is 1. The van der Waals surface area contributed by atoms with Crippen molar-refractivity contribution in [2.45, 2.75) is 38.3 Å². The van der Waals surface area contributed by atoms with E-state index in [-0.39, 0.29) is 11.9 Å². The Labute approximate surface area is 218 Å². The van der Waals surface area contributed by atoms with Crippen LogP contribution in [0.3, 0.4) is 0 Å². The van der Waals surface area contributed by atoms with Gasteiger partial charge in [0.2, 0.25) is 5.91 Å². The Bertz CT molecular complexity index is 1340. The molecule has 1 aliphatic rings. The first-order valence-corrected chi connectivity index (χ1v) is 13.0. The molecular weight excluding hydrogens is 462 g/mol. The maximum atomic E-state index is 13.0. The molecule has 192 valence electrons. The quantitative estimate of drug-likeness (QED) is 0.318. The SMILES string of the molecule is COc1ccc(-c2[nH]c3ccccc3c2CCC(=O)NC2CCN(Cc3ccccc3OC)CC2)cc1. The van der Waals surface area contributed by atoms with Gasteiger partial charge in [-0.2, -0.15) is 0 Å². The zero-order valence-electron chi connectivity index (χ0n) is 21.6. The summed E-state index contributed by atoms with van der Waals surface area (Å²) >= 11 is 0. The van der Waals surface area contributed by atoms with E-state index in [9.17, 15) is 4.79 Å². The first-order valence-electron chi connectivity index (χ1n) is 13.0. The summed E-state index contributed by atoms with van der Waals surface area (Å²) in [4.78, 5) is 19.0. The summed E-state index contributed by atoms with van der Waals surface area (Å²) in [6, 6.07) is 24.8. The molecule has 0 aliphatic carbocycles. The van der Waals surface area contributed by atoms with Gasteiger partial charge in [-0.25, -0.2) is 0 Å². The first kappa shape index (κ1) is 24.9. The Morgan fingerprint density at radius 1 is 0.946 bits per heavy atom. The minimum Gasteiger partial charge on any atom is -0.497 e. The number of likely N-dealkylation sites (tertiary alicyclic amines) is 1. The zero-order chi connectivity index (χ0) is 25.6. The molecular formula is C31H35N3O3. The van der Waals surface area contributed by atoms with Crippen molar-refractivity contribution in [2.75, 3.05) is 27.3 Å². The number of H-pyrrole nitrogens is 1. The second-order valence-corrected chi connectivity index (χ2v) is 9.68. The van der Waals surface area contributed by atoms with Crippen molar-refractivity contribution in [3.63, 3.8) is 0 Å². The molecule has 0 radical (unpaired) electrons. The van der Waals surface area contributed by atoms with E-state index in [4.69, 9.17) is 9.47 Å². The van der Waals surface area contributed by atoms with Crippen LogP contribution in [0.4, 0.5) is 0 Å². The van der Waals surface area contributed by atoms with Crippen LogP contribution in [0.25, 0.3) is 22.2 Å². The summed E-state index contributed by atoms with van der Waals surface area (Å²) in [5.74, 6) is 1.88. The fraction of sp³-hybridized carbons (Fsp3) is 0.323. The van der Waals surface area contributed by atoms with Gasteiger partial charge in [0.25, 0.3) is 0 Å². The summed E-state index contributed by atoms with van der Waals surface area (Å²) in [5.41, 5.74) is 5.64. The summed E-state index contributed by atoms with van der Waals surface area (Å²) in [7, 11) is 3.39. The lowest BCUT2D eigenvalue weighted by atomic mass is 10.00. The lowest BCUT2D eigenvalue weighted by Crippen LogP contribution is -2.44. The van der Waals surface area contributed by atoms with Crippen molar-refractivity contribution < 1.29 is 14.3 Å². The third kappa shape index (κ3) is 5.81. The number of methoxy groups -OCH3 is 2. The number of rotatable bonds is 9. The molecule has 37 heavy (non-hydrogen) atoms. The maximum Gasteiger partial charge on any atom is 0.220 e. The second kappa shape index (κ2) is 11.5. The predicted octanol–water partition coefficient (Wildman–Crippen LogP) is 5.57. The number of carbonyl (C=O) groups is 1. The van der Waals surface area contributed by atoms with Crippen LogP contribution >= 0.6 is 0 Å². The minimum absolute atomic E-state index is 0.120. The van der Waals surface area contributed by atoms with Gasteiger partial charge in [-0.15, -0.1) is 0 Å². The number of ether oxygens (including phenoxy) is 2. The Hall–Kier alpha value is -3.77. The van der Waals surface area contributed by atoms with E-state index in [1.165, 1.54) is 16.5 Å². The molecule has 6 heteroatoms. The Kier molecular flexibility index (Phi) is 7.76. The lowest BCUT2D eigenvalue weighted by Gasteiger charge is -2.32. The van der Waals surface area contributed by atoms with Crippen LogP contribution in [-0.2, 0) is 17.8 Å². The monoisotopic (exact) mass is 497 g/mol. The van der Waals surface area contributed by atoms with Crippen molar-refractivity contribution in [2.24, 2.45) is 0 Å². The van der Waals surface area contributed by atoms with E-state index in [0.29, 0.717) is 12.8 Å². The standard InChI is InChI=1S/C31H35N3O3/c1-36-25-13-11-22(12-14-25)31-27(26-8-4-5-9-28(26)33-31)15-16-30(35)32-24-17-19-34(20-18-24)21-23-7-3-6-10-29(23)37-2/h3-14,24,33H,15-21H2,1-2H3,(H,32,35). The van der Waals surface area contributed by atoms with E-state index < -0.39 is 0 Å². The minimum atomic E-state index is 0.120. The third-order valence-corrected chi connectivity index (χ3v) is 7.33. The van der Waals surface area contributed by atoms with Crippen LogP contribution in [-0.4, -0.2) is 49.1 Å². The molecule has 0 unspecified atom stereocenters. The molecule has 0 saturated carbocycles. The van der Waals surface area contributed by atoms with Crippen molar-refractivity contribution in [3.8, 4) is 22.8 Å². The van der Waals surface area contributed by atoms with Gasteiger partial charge < -0.3 is 19.8 Å². The molecule has 1 amide bonds. The number of amides is 1. The van der Waals surface area contributed by atoms with Gasteiger partial charge in [-0.3, -0.25) is 9.69 Å². The Balaban J connectivity index is 1.19. The first-order chi connectivity index (χ1) is 18.1. The number of benzene rings is 3. The highest BCUT2D eigenvalue weighted by Crippen LogP contribution is 2.32. The van der Waals surface area contributed by atoms with Gasteiger partial charge in [0.15, 0.2) is 0 Å². The van der Waals surface area contributed by atoms with Gasteiger partial charge in [0, 0.05) is 54.3 Å². The smallest absolute Gasteiger partial charge is 0.220 e. The van der Waals surface area contributed by atoms with Crippen molar-refractivity contribution in [3.05, 3.63) is 83.9 Å². The summed E-state index contributed by atoms with van der Waals surface area (Å²) in [6.45, 7) is 2.81. The maximum absolute atomic E-state index is 13.0. The van der Waals surface area contributed by atoms with Crippen LogP contribution in [0.1, 0.15) is 30.4 Å². The molecule has 2 N–H and O–H groups in total. The van der Waals surface area contributed by atoms with E-state index in [1.54, 1.807) is 14.2 Å². The van der Waals surface area contributed by atoms with E-state index in [2.05, 4.69) is 57.7 Å². The molecule has 4 aromatic rings. The van der Waals surface area contributed by atoms with E-state index >= 15 is 0 Å². The molecule has 1 aliphatic heterocycles. The van der Waals surface area contributed by atoms with Crippen LogP contribution in [0, 0.1) is 0 Å². The van der Waals surface area contributed by atoms with Gasteiger partial charge in [-0.1, -0.05) is 36.4 Å². The summed E-state index contributed by atoms with van der Waals surface area (Å²) < 4.78 is 10.8. The van der Waals surface area contributed by atoms with E-state index in [0.717, 1.165) is 60.7 Å². The average Bonchev–Trinajstić information content (AvgIpc) is 3.32. The second-order valence-electron chi connectivity index (χ2n) is 9.68. The van der Waals surface area contributed by atoms with Crippen LogP contribution in [0.5, 0.6) is 11.5 Å². The van der Waals surface area contributed by atoms with Crippen LogP contribution in [0.2, 0.25) is 0 Å². The number of nitrogens with zero attached hydrogens (tertiary/aromatic N) is 1.